The number of hydrogen-bond donors (Lipinski definition) is 0. The van der Waals surface area contributed by atoms with Crippen LogP contribution < -0.4 is 0 Å². The van der Waals surface area contributed by atoms with Gasteiger partial charge in [-0.1, -0.05) is 434 Å². The van der Waals surface area contributed by atoms with Gasteiger partial charge in [-0.25, -0.2) is 0 Å². The van der Waals surface area contributed by atoms with Crippen LogP contribution in [-0.4, -0.2) is 0 Å². The van der Waals surface area contributed by atoms with Gasteiger partial charge in [-0.2, -0.15) is 0 Å². The van der Waals surface area contributed by atoms with Crippen molar-refractivity contribution in [2.45, 2.75) is 48.5 Å². The number of aryl methyl sites for hydroxylation is 7. The molecule has 0 spiro atoms. The summed E-state index contributed by atoms with van der Waals surface area (Å²) in [7, 11) is 0. The summed E-state index contributed by atoms with van der Waals surface area (Å²) < 4.78 is 0. The molecule has 0 aromatic heterocycles. The highest BCUT2D eigenvalue weighted by atomic mass is 14.1. The van der Waals surface area contributed by atoms with E-state index in [-0.39, 0.29) is 0 Å². The van der Waals surface area contributed by atoms with E-state index < -0.39 is 0 Å². The lowest BCUT2D eigenvalue weighted by molar-refractivity contribution is 1.46. The minimum absolute atomic E-state index is 1.28. The third kappa shape index (κ3) is 19.8. The Morgan fingerprint density at radius 1 is 0.129 bits per heavy atom. The molecular weight excluding hydrogens is 1210 g/mol. The van der Waals surface area contributed by atoms with E-state index in [0.29, 0.717) is 0 Å². The van der Waals surface area contributed by atoms with Crippen LogP contribution in [0, 0.1) is 48.5 Å². The molecule has 0 amide bonds. The van der Waals surface area contributed by atoms with E-state index in [0.717, 1.165) is 0 Å². The van der Waals surface area contributed by atoms with E-state index in [1.165, 1.54) is 149 Å². The van der Waals surface area contributed by atoms with E-state index in [4.69, 9.17) is 0 Å². The van der Waals surface area contributed by atoms with Gasteiger partial charge in [0.2, 0.25) is 0 Å². The molecule has 17 aromatic carbocycles. The molecule has 0 aliphatic rings. The molecule has 0 saturated heterocycles. The minimum atomic E-state index is 1.28. The van der Waals surface area contributed by atoms with E-state index in [1.54, 1.807) is 0 Å². The van der Waals surface area contributed by atoms with Crippen LogP contribution in [0.5, 0.6) is 0 Å². The summed E-state index contributed by atoms with van der Waals surface area (Å²) in [6.07, 6.45) is 0. The van der Waals surface area contributed by atoms with Gasteiger partial charge in [0, 0.05) is 0 Å². The van der Waals surface area contributed by atoms with Gasteiger partial charge in [-0.05, 0) is 169 Å². The molecule has 0 radical (unpaired) electrons. The summed E-state index contributed by atoms with van der Waals surface area (Å²) in [4.78, 5) is 0. The number of fused-ring (bicyclic) bond motifs is 4. The van der Waals surface area contributed by atoms with E-state index in [2.05, 4.69) is 437 Å². The van der Waals surface area contributed by atoms with Gasteiger partial charge < -0.3 is 0 Å². The van der Waals surface area contributed by atoms with Crippen molar-refractivity contribution in [3.63, 3.8) is 0 Å². The average Bonchev–Trinajstić information content (AvgIpc) is 0.813. The Morgan fingerprint density at radius 3 is 0.911 bits per heavy atom. The van der Waals surface area contributed by atoms with Gasteiger partial charge in [0.1, 0.15) is 0 Å². The van der Waals surface area contributed by atoms with E-state index in [9.17, 15) is 0 Å². The molecule has 0 heterocycles. The topological polar surface area (TPSA) is 0 Å². The first kappa shape index (κ1) is 70.1. The molecule has 0 N–H and O–H groups in total. The van der Waals surface area contributed by atoms with Crippen LogP contribution in [0.25, 0.3) is 110 Å². The quantitative estimate of drug-likeness (QED) is 0.156. The SMILES string of the molecule is Cc1ccc(-c2cccc3ccccc23)cc1.Cc1ccc(-c2ccccc2)cc1.Cc1ccc2ccccc2c1.Cc1cccc(-c2cccc3ccccc23)c1.Cc1cccc(-c2ccccc2)c1.Cc1ccccc1-c1cccc2ccccc12.Cc1ccccc1-c1ccccc1. The number of rotatable bonds is 6. The van der Waals surface area contributed by atoms with Crippen molar-refractivity contribution in [1.82, 2.24) is 0 Å². The van der Waals surface area contributed by atoms with Crippen LogP contribution >= 0.6 is 0 Å². The van der Waals surface area contributed by atoms with Crippen LogP contribution in [0.1, 0.15) is 38.9 Å². The highest BCUT2D eigenvalue weighted by Crippen LogP contribution is 2.33. The normalized spacial score (nSPS) is 10.3. The van der Waals surface area contributed by atoms with Crippen molar-refractivity contribution in [1.29, 1.82) is 0 Å². The molecule has 0 atom stereocenters. The minimum Gasteiger partial charge on any atom is -0.0622 e. The zero-order valence-corrected chi connectivity index (χ0v) is 59.2. The summed E-state index contributed by atoms with van der Waals surface area (Å²) in [5.74, 6) is 0. The Hall–Kier alpha value is -12.2. The monoisotopic (exact) mass is 1300 g/mol. The van der Waals surface area contributed by atoms with Crippen LogP contribution in [0.4, 0.5) is 0 Å². The van der Waals surface area contributed by atoms with Crippen molar-refractivity contribution in [3.05, 3.63) is 445 Å². The fourth-order valence-electron chi connectivity index (χ4n) is 12.5. The number of benzene rings is 17. The Labute approximate surface area is 599 Å². The third-order valence-electron chi connectivity index (χ3n) is 17.9. The first-order valence-electron chi connectivity index (χ1n) is 35.0. The van der Waals surface area contributed by atoms with E-state index in [1.807, 2.05) is 18.2 Å². The largest absolute Gasteiger partial charge is 0.0622 e. The Bertz CT molecular complexity index is 5380. The first-order chi connectivity index (χ1) is 49.5. The zero-order valence-electron chi connectivity index (χ0n) is 59.2. The van der Waals surface area contributed by atoms with Gasteiger partial charge in [-0.3, -0.25) is 0 Å². The van der Waals surface area contributed by atoms with Crippen molar-refractivity contribution in [2.24, 2.45) is 0 Å². The molecular formula is C101H88. The van der Waals surface area contributed by atoms with Crippen LogP contribution in [0.2, 0.25) is 0 Å². The molecule has 492 valence electrons. The van der Waals surface area contributed by atoms with Crippen molar-refractivity contribution in [2.75, 3.05) is 0 Å². The molecule has 0 aliphatic heterocycles. The fourth-order valence-corrected chi connectivity index (χ4v) is 12.5. The maximum absolute atomic E-state index is 2.24. The fraction of sp³-hybridized carbons (Fsp3) is 0.0693. The summed E-state index contributed by atoms with van der Waals surface area (Å²) in [6.45, 7) is 14.9. The van der Waals surface area contributed by atoms with Crippen LogP contribution in [0.15, 0.2) is 406 Å². The van der Waals surface area contributed by atoms with Crippen LogP contribution in [0.3, 0.4) is 0 Å². The predicted molar refractivity (Wildman–Crippen MR) is 441 cm³/mol. The smallest absolute Gasteiger partial charge is 0.0103 e. The first-order valence-corrected chi connectivity index (χ1v) is 35.0. The molecule has 0 nitrogen and oxygen atoms in total. The highest BCUT2D eigenvalue weighted by molar-refractivity contribution is 5.99. The molecule has 0 bridgehead atoms. The lowest BCUT2D eigenvalue weighted by Crippen LogP contribution is -1.84. The summed E-state index contributed by atoms with van der Waals surface area (Å²) in [6, 6.07) is 143. The molecule has 0 aliphatic carbocycles. The summed E-state index contributed by atoms with van der Waals surface area (Å²) in [5.41, 5.74) is 24.8. The maximum Gasteiger partial charge on any atom is -0.0103 e. The van der Waals surface area contributed by atoms with Crippen LogP contribution in [-0.2, 0) is 0 Å². The summed E-state index contributed by atoms with van der Waals surface area (Å²) >= 11 is 0. The van der Waals surface area contributed by atoms with Crippen molar-refractivity contribution >= 4 is 43.1 Å². The van der Waals surface area contributed by atoms with Gasteiger partial charge in [-0.15, -0.1) is 0 Å². The molecule has 17 aromatic rings. The predicted octanol–water partition coefficient (Wildman–Crippen LogP) is 28.6. The number of hydrogen-bond acceptors (Lipinski definition) is 0. The average molecular weight is 1300 g/mol. The Balaban J connectivity index is 0.000000119. The molecule has 0 heteroatoms. The third-order valence-corrected chi connectivity index (χ3v) is 17.9. The van der Waals surface area contributed by atoms with E-state index >= 15 is 0 Å². The second-order valence-electron chi connectivity index (χ2n) is 25.6. The van der Waals surface area contributed by atoms with Gasteiger partial charge in [0.05, 0.1) is 0 Å². The molecule has 0 unspecified atom stereocenters. The standard InChI is InChI=1S/3C17H14.3C13H12.C11H10/c1-13-7-2-4-10-15(13)17-12-6-9-14-8-3-5-11-16(14)17;1-13-6-4-9-15(12-13)17-11-5-8-14-7-2-3-10-16(14)17;1-13-9-11-15(12-10-13)17-8-4-6-14-5-2-3-7-16(14)17;1-11-7-5-6-10-13(11)12-8-3-2-4-9-12;1-11-6-5-9-13(10-11)12-7-3-2-4-8-12;1-11-7-9-13(10-8-11)12-5-3-2-4-6-12;1-9-6-7-10-4-2-3-5-11(10)8-9/h3*2-12H,1H3;3*2-10H,1H3;2-8H,1H3. The highest BCUT2D eigenvalue weighted by Gasteiger charge is 2.07. The van der Waals surface area contributed by atoms with Gasteiger partial charge in [0.25, 0.3) is 0 Å². The molecule has 101 heavy (non-hydrogen) atoms. The maximum atomic E-state index is 2.24. The Morgan fingerprint density at radius 2 is 0.416 bits per heavy atom. The zero-order chi connectivity index (χ0) is 70.0. The second kappa shape index (κ2) is 35.9. The molecule has 0 fully saturated rings. The summed E-state index contributed by atoms with van der Waals surface area (Å²) in [5, 5.41) is 10.5. The van der Waals surface area contributed by atoms with Gasteiger partial charge in [0.15, 0.2) is 0 Å². The van der Waals surface area contributed by atoms with Crippen molar-refractivity contribution in [3.8, 4) is 66.8 Å². The molecule has 17 rings (SSSR count). The van der Waals surface area contributed by atoms with Crippen molar-refractivity contribution < 1.29 is 0 Å². The molecule has 0 saturated carbocycles. The van der Waals surface area contributed by atoms with Gasteiger partial charge >= 0.3 is 0 Å². The Kier molecular flexibility index (Phi) is 24.9. The lowest BCUT2D eigenvalue weighted by atomic mass is 9.95. The lowest BCUT2D eigenvalue weighted by Gasteiger charge is -2.09. The second-order valence-corrected chi connectivity index (χ2v) is 25.6.